The van der Waals surface area contributed by atoms with Crippen molar-refractivity contribution in [2.45, 2.75) is 0 Å². The van der Waals surface area contributed by atoms with Crippen molar-refractivity contribution in [1.82, 2.24) is 9.97 Å². The van der Waals surface area contributed by atoms with Crippen LogP contribution in [0.1, 0.15) is 0 Å². The number of aromatic nitrogens is 2. The summed E-state index contributed by atoms with van der Waals surface area (Å²) in [6.45, 7) is 0. The van der Waals surface area contributed by atoms with Crippen LogP contribution in [0.3, 0.4) is 0 Å². The average molecular weight is 363 g/mol. The molecule has 0 saturated carbocycles. The monoisotopic (exact) mass is 364 g/mol. The number of rotatable bonds is 1. The maximum absolute atomic E-state index is 4.19. The Morgan fingerprint density at radius 3 is 1.46 bits per heavy atom. The summed E-state index contributed by atoms with van der Waals surface area (Å²) < 4.78 is 0. The van der Waals surface area contributed by atoms with Gasteiger partial charge in [-0.05, 0) is 24.3 Å². The smallest absolute Gasteiger partial charge is 0.0886 e. The predicted octanol–water partition coefficient (Wildman–Crippen LogP) is 1.76. The van der Waals surface area contributed by atoms with Crippen LogP contribution < -0.4 is 0 Å². The standard InChI is InChI=1S/C10H8N2.Pb/c1-3-7-11-9(5-1)10-6-2-4-8-12-10;/h1-8H;. The first-order chi connectivity index (χ1) is 5.97. The van der Waals surface area contributed by atoms with Crippen LogP contribution in [-0.2, 0) is 0 Å². The van der Waals surface area contributed by atoms with Crippen LogP contribution in [0, 0.1) is 0 Å². The van der Waals surface area contributed by atoms with E-state index in [2.05, 4.69) is 9.97 Å². The minimum atomic E-state index is 0. The molecule has 0 aliphatic carbocycles. The van der Waals surface area contributed by atoms with Gasteiger partial charge < -0.3 is 0 Å². The van der Waals surface area contributed by atoms with Crippen LogP contribution in [0.25, 0.3) is 11.4 Å². The van der Waals surface area contributed by atoms with Gasteiger partial charge in [0.2, 0.25) is 0 Å². The molecule has 2 rings (SSSR count). The van der Waals surface area contributed by atoms with Crippen LogP contribution in [0.4, 0.5) is 0 Å². The molecule has 0 N–H and O–H groups in total. The second-order valence-electron chi connectivity index (χ2n) is 2.43. The van der Waals surface area contributed by atoms with Gasteiger partial charge >= 0.3 is 0 Å². The zero-order chi connectivity index (χ0) is 8.23. The van der Waals surface area contributed by atoms with Crippen molar-refractivity contribution in [1.29, 1.82) is 0 Å². The number of pyridine rings is 2. The second-order valence-corrected chi connectivity index (χ2v) is 2.43. The molecule has 0 saturated heterocycles. The van der Waals surface area contributed by atoms with E-state index in [1.165, 1.54) is 0 Å². The maximum Gasteiger partial charge on any atom is 0.0886 e. The molecule has 0 spiro atoms. The van der Waals surface area contributed by atoms with Crippen LogP contribution >= 0.6 is 0 Å². The Morgan fingerprint density at radius 1 is 0.692 bits per heavy atom. The quantitative estimate of drug-likeness (QED) is 0.722. The summed E-state index contributed by atoms with van der Waals surface area (Å²) in [7, 11) is 0. The average Bonchev–Trinajstić information content (AvgIpc) is 2.21. The van der Waals surface area contributed by atoms with Crippen LogP contribution in [0.15, 0.2) is 48.8 Å². The largest absolute Gasteiger partial charge is 0.255 e. The van der Waals surface area contributed by atoms with E-state index in [1.807, 2.05) is 36.4 Å². The molecule has 0 fully saturated rings. The van der Waals surface area contributed by atoms with E-state index in [0.29, 0.717) is 0 Å². The molecule has 0 bridgehead atoms. The summed E-state index contributed by atoms with van der Waals surface area (Å²) in [6, 6.07) is 11.6. The molecule has 2 aromatic rings. The molecule has 3 heteroatoms. The Kier molecular flexibility index (Phi) is 4.01. The minimum absolute atomic E-state index is 0. The molecular formula is C10H8N2Pb. The SMILES string of the molecule is [Pb].c1ccc(-c2ccccn2)nc1. The van der Waals surface area contributed by atoms with Crippen LogP contribution in [0.2, 0.25) is 0 Å². The van der Waals surface area contributed by atoms with E-state index in [9.17, 15) is 0 Å². The molecule has 2 heterocycles. The summed E-state index contributed by atoms with van der Waals surface area (Å²) in [4.78, 5) is 8.37. The Labute approximate surface area is 97.2 Å². The molecule has 62 valence electrons. The van der Waals surface area contributed by atoms with Gasteiger partial charge in [-0.3, -0.25) is 9.97 Å². The third-order valence-electron chi connectivity index (χ3n) is 1.59. The molecule has 2 nitrogen and oxygen atoms in total. The van der Waals surface area contributed by atoms with Crippen molar-refractivity contribution in [2.75, 3.05) is 0 Å². The zero-order valence-electron chi connectivity index (χ0n) is 7.01. The van der Waals surface area contributed by atoms with Gasteiger partial charge in [-0.15, -0.1) is 0 Å². The predicted molar refractivity (Wildman–Crippen MR) is 53.2 cm³/mol. The summed E-state index contributed by atoms with van der Waals surface area (Å²) in [5.41, 5.74) is 1.83. The van der Waals surface area contributed by atoms with Gasteiger partial charge in [0.1, 0.15) is 0 Å². The Morgan fingerprint density at radius 2 is 1.15 bits per heavy atom. The van der Waals surface area contributed by atoms with Gasteiger partial charge in [0.25, 0.3) is 0 Å². The number of hydrogen-bond acceptors (Lipinski definition) is 2. The van der Waals surface area contributed by atoms with Gasteiger partial charge in [-0.2, -0.15) is 0 Å². The fourth-order valence-electron chi connectivity index (χ4n) is 1.03. The van der Waals surface area contributed by atoms with E-state index in [1.54, 1.807) is 12.4 Å². The van der Waals surface area contributed by atoms with Crippen LogP contribution in [0.5, 0.6) is 0 Å². The minimum Gasteiger partial charge on any atom is -0.255 e. The summed E-state index contributed by atoms with van der Waals surface area (Å²) >= 11 is 0. The molecule has 0 unspecified atom stereocenters. The summed E-state index contributed by atoms with van der Waals surface area (Å²) in [5.74, 6) is 0. The third kappa shape index (κ3) is 2.58. The Hall–Kier alpha value is -0.778. The molecule has 0 aliphatic rings. The van der Waals surface area contributed by atoms with Crippen molar-refractivity contribution < 1.29 is 0 Å². The molecule has 0 amide bonds. The Bertz CT molecular complexity index is 310. The van der Waals surface area contributed by atoms with E-state index < -0.39 is 0 Å². The van der Waals surface area contributed by atoms with Gasteiger partial charge in [0.15, 0.2) is 0 Å². The van der Waals surface area contributed by atoms with Crippen molar-refractivity contribution in [3.63, 3.8) is 0 Å². The normalized spacial score (nSPS) is 8.92. The summed E-state index contributed by atoms with van der Waals surface area (Å²) in [5, 5.41) is 0. The first-order valence-corrected chi connectivity index (χ1v) is 3.79. The molecule has 4 radical (unpaired) electrons. The van der Waals surface area contributed by atoms with Crippen molar-refractivity contribution in [2.24, 2.45) is 0 Å². The fraction of sp³-hybridized carbons (Fsp3) is 0. The molecule has 13 heavy (non-hydrogen) atoms. The first-order valence-electron chi connectivity index (χ1n) is 3.79. The third-order valence-corrected chi connectivity index (χ3v) is 1.59. The van der Waals surface area contributed by atoms with Gasteiger partial charge in [0.05, 0.1) is 11.4 Å². The molecule has 0 aromatic carbocycles. The van der Waals surface area contributed by atoms with Crippen molar-refractivity contribution in [3.05, 3.63) is 48.8 Å². The molecular weight excluding hydrogens is 355 g/mol. The fourth-order valence-corrected chi connectivity index (χ4v) is 1.03. The maximum atomic E-state index is 4.19. The van der Waals surface area contributed by atoms with Gasteiger partial charge in [-0.25, -0.2) is 0 Å². The van der Waals surface area contributed by atoms with Crippen molar-refractivity contribution >= 4 is 27.3 Å². The van der Waals surface area contributed by atoms with E-state index >= 15 is 0 Å². The molecule has 0 atom stereocenters. The summed E-state index contributed by atoms with van der Waals surface area (Å²) in [6.07, 6.45) is 3.54. The topological polar surface area (TPSA) is 25.8 Å². The second kappa shape index (κ2) is 5.06. The molecule has 0 aliphatic heterocycles. The first kappa shape index (κ1) is 10.3. The number of hydrogen-bond donors (Lipinski definition) is 0. The van der Waals surface area contributed by atoms with Gasteiger partial charge in [0, 0.05) is 39.7 Å². The molecule has 2 aromatic heterocycles. The van der Waals surface area contributed by atoms with Crippen LogP contribution in [-0.4, -0.2) is 37.3 Å². The van der Waals surface area contributed by atoms with E-state index in [4.69, 9.17) is 0 Å². The zero-order valence-corrected chi connectivity index (χ0v) is 10.9. The number of nitrogens with zero attached hydrogens (tertiary/aromatic N) is 2. The van der Waals surface area contributed by atoms with E-state index in [-0.39, 0.29) is 27.3 Å². The van der Waals surface area contributed by atoms with Gasteiger partial charge in [-0.1, -0.05) is 12.1 Å². The van der Waals surface area contributed by atoms with E-state index in [0.717, 1.165) is 11.4 Å². The van der Waals surface area contributed by atoms with Crippen molar-refractivity contribution in [3.8, 4) is 11.4 Å². The Balaban J connectivity index is 0.000000845.